The van der Waals surface area contributed by atoms with Crippen molar-refractivity contribution >= 4 is 16.8 Å². The van der Waals surface area contributed by atoms with Gasteiger partial charge in [-0.25, -0.2) is 24.1 Å². The fourth-order valence-corrected chi connectivity index (χ4v) is 3.40. The number of nitrogens with one attached hydrogen (secondary N) is 1. The topological polar surface area (TPSA) is 80.9 Å². The van der Waals surface area contributed by atoms with Gasteiger partial charge in [0.1, 0.15) is 22.7 Å². The lowest BCUT2D eigenvalue weighted by molar-refractivity contribution is 0.619. The van der Waals surface area contributed by atoms with E-state index in [9.17, 15) is 9.18 Å². The largest absolute Gasteiger partial charge is 0.328 e. The monoisotopic (exact) mass is 374 g/mol. The smallest absolute Gasteiger partial charge is 0.303 e. The predicted octanol–water partition coefficient (Wildman–Crippen LogP) is 3.18. The van der Waals surface area contributed by atoms with Gasteiger partial charge in [0.15, 0.2) is 11.5 Å². The summed E-state index contributed by atoms with van der Waals surface area (Å²) in [5.41, 5.74) is 2.88. The average molecular weight is 374 g/mol. The van der Waals surface area contributed by atoms with E-state index in [0.717, 1.165) is 5.56 Å². The highest BCUT2D eigenvalue weighted by atomic mass is 19.1. The van der Waals surface area contributed by atoms with Crippen LogP contribution in [0.5, 0.6) is 0 Å². The lowest BCUT2D eigenvalue weighted by Crippen LogP contribution is -2.21. The van der Waals surface area contributed by atoms with Crippen LogP contribution in [0.25, 0.3) is 28.3 Å². The van der Waals surface area contributed by atoms with Crippen molar-refractivity contribution in [3.8, 4) is 11.5 Å². The zero-order chi connectivity index (χ0) is 19.3. The molecule has 1 N–H and O–H groups in total. The maximum Gasteiger partial charge on any atom is 0.328 e. The molecule has 4 aromatic heterocycles. The Kier molecular flexibility index (Phi) is 3.58. The molecule has 0 fully saturated rings. The molecule has 0 saturated carbocycles. The Balaban J connectivity index is 1.71. The highest BCUT2D eigenvalue weighted by molar-refractivity contribution is 5.73. The van der Waals surface area contributed by atoms with Crippen LogP contribution in [0.2, 0.25) is 0 Å². The molecule has 1 atom stereocenters. The molecule has 138 valence electrons. The molecule has 0 amide bonds. The van der Waals surface area contributed by atoms with Gasteiger partial charge in [-0.2, -0.15) is 0 Å². The fourth-order valence-electron chi connectivity index (χ4n) is 3.40. The zero-order valence-electron chi connectivity index (χ0n) is 14.9. The number of halogens is 1. The molecule has 5 rings (SSSR count). The van der Waals surface area contributed by atoms with E-state index in [2.05, 4.69) is 19.9 Å². The van der Waals surface area contributed by atoms with Gasteiger partial charge in [0.2, 0.25) is 0 Å². The van der Waals surface area contributed by atoms with E-state index in [1.165, 1.54) is 12.3 Å². The molecule has 1 unspecified atom stereocenters. The van der Waals surface area contributed by atoms with E-state index in [-0.39, 0.29) is 17.5 Å². The standard InChI is InChI=1S/C20H15FN6O/c1-12(13-5-3-2-4-6-13)27-19-15(24-20(27)28)9-23-18(25-19)16-10-22-17-8-7-14(21)11-26(16)17/h2-12H,1H3,(H,24,28). The summed E-state index contributed by atoms with van der Waals surface area (Å²) in [5.74, 6) is -0.0253. The highest BCUT2D eigenvalue weighted by Gasteiger charge is 2.18. The third kappa shape index (κ3) is 2.50. The fraction of sp³-hybridized carbons (Fsp3) is 0.100. The minimum Gasteiger partial charge on any atom is -0.303 e. The van der Waals surface area contributed by atoms with Crippen LogP contribution in [0.3, 0.4) is 0 Å². The molecule has 1 aromatic carbocycles. The first kappa shape index (κ1) is 16.4. The highest BCUT2D eigenvalue weighted by Crippen LogP contribution is 2.23. The van der Waals surface area contributed by atoms with Gasteiger partial charge in [-0.15, -0.1) is 0 Å². The van der Waals surface area contributed by atoms with Gasteiger partial charge < -0.3 is 4.98 Å². The molecule has 0 radical (unpaired) electrons. The molecular weight excluding hydrogens is 359 g/mol. The van der Waals surface area contributed by atoms with Gasteiger partial charge >= 0.3 is 5.69 Å². The predicted molar refractivity (Wildman–Crippen MR) is 103 cm³/mol. The molecule has 7 nitrogen and oxygen atoms in total. The number of imidazole rings is 2. The minimum atomic E-state index is -0.385. The van der Waals surface area contributed by atoms with Crippen LogP contribution in [0.15, 0.2) is 65.8 Å². The van der Waals surface area contributed by atoms with E-state index in [0.29, 0.717) is 28.3 Å². The van der Waals surface area contributed by atoms with Crippen molar-refractivity contribution in [2.75, 3.05) is 0 Å². The lowest BCUT2D eigenvalue weighted by atomic mass is 10.1. The molecule has 0 aliphatic heterocycles. The summed E-state index contributed by atoms with van der Waals surface area (Å²) < 4.78 is 16.9. The number of hydrogen-bond donors (Lipinski definition) is 1. The zero-order valence-corrected chi connectivity index (χ0v) is 14.9. The van der Waals surface area contributed by atoms with Crippen LogP contribution in [0, 0.1) is 5.82 Å². The van der Waals surface area contributed by atoms with Crippen LogP contribution >= 0.6 is 0 Å². The number of pyridine rings is 1. The van der Waals surface area contributed by atoms with Gasteiger partial charge in [-0.05, 0) is 24.6 Å². The van der Waals surface area contributed by atoms with E-state index < -0.39 is 0 Å². The molecule has 0 saturated heterocycles. The summed E-state index contributed by atoms with van der Waals surface area (Å²) in [6.45, 7) is 1.94. The lowest BCUT2D eigenvalue weighted by Gasteiger charge is -2.13. The molecule has 0 aliphatic carbocycles. The van der Waals surface area contributed by atoms with E-state index in [1.807, 2.05) is 37.3 Å². The molecule has 0 spiro atoms. The molecule has 0 bridgehead atoms. The first-order valence-electron chi connectivity index (χ1n) is 8.77. The van der Waals surface area contributed by atoms with Gasteiger partial charge in [0.25, 0.3) is 0 Å². The van der Waals surface area contributed by atoms with E-state index >= 15 is 0 Å². The average Bonchev–Trinajstić information content (AvgIpc) is 3.27. The van der Waals surface area contributed by atoms with Crippen molar-refractivity contribution in [3.05, 3.63) is 82.9 Å². The summed E-state index contributed by atoms with van der Waals surface area (Å²) in [7, 11) is 0. The van der Waals surface area contributed by atoms with Crippen molar-refractivity contribution in [1.29, 1.82) is 0 Å². The number of fused-ring (bicyclic) bond motifs is 2. The number of nitrogens with zero attached hydrogens (tertiary/aromatic N) is 5. The van der Waals surface area contributed by atoms with E-state index in [1.54, 1.807) is 27.4 Å². The summed E-state index contributed by atoms with van der Waals surface area (Å²) in [6, 6.07) is 12.4. The Morgan fingerprint density at radius 1 is 1.07 bits per heavy atom. The van der Waals surface area contributed by atoms with Crippen molar-refractivity contribution in [1.82, 2.24) is 28.9 Å². The molecule has 8 heteroatoms. The molecule has 28 heavy (non-hydrogen) atoms. The second-order valence-corrected chi connectivity index (χ2v) is 6.54. The number of rotatable bonds is 3. The quantitative estimate of drug-likeness (QED) is 0.526. The molecule has 4 heterocycles. The maximum atomic E-state index is 13.7. The summed E-state index contributed by atoms with van der Waals surface area (Å²) >= 11 is 0. The Bertz CT molecular complexity index is 1370. The summed E-state index contributed by atoms with van der Waals surface area (Å²) in [5, 5.41) is 0. The van der Waals surface area contributed by atoms with Crippen molar-refractivity contribution in [3.63, 3.8) is 0 Å². The van der Waals surface area contributed by atoms with Crippen LogP contribution < -0.4 is 5.69 Å². The van der Waals surface area contributed by atoms with Crippen LogP contribution in [0.1, 0.15) is 18.5 Å². The summed E-state index contributed by atoms with van der Waals surface area (Å²) in [6.07, 6.45) is 4.49. The minimum absolute atomic E-state index is 0.218. The number of hydrogen-bond acceptors (Lipinski definition) is 4. The first-order chi connectivity index (χ1) is 13.6. The Morgan fingerprint density at radius 2 is 1.89 bits per heavy atom. The number of aromatic nitrogens is 6. The number of benzene rings is 1. The van der Waals surface area contributed by atoms with Crippen molar-refractivity contribution in [2.45, 2.75) is 13.0 Å². The van der Waals surface area contributed by atoms with E-state index in [4.69, 9.17) is 0 Å². The first-order valence-corrected chi connectivity index (χ1v) is 8.77. The maximum absolute atomic E-state index is 13.7. The second-order valence-electron chi connectivity index (χ2n) is 6.54. The molecule has 5 aromatic rings. The number of H-pyrrole nitrogens is 1. The molecule has 0 aliphatic rings. The number of aromatic amines is 1. The third-order valence-electron chi connectivity index (χ3n) is 4.83. The van der Waals surface area contributed by atoms with Gasteiger partial charge in [-0.1, -0.05) is 30.3 Å². The van der Waals surface area contributed by atoms with Crippen LogP contribution in [-0.2, 0) is 0 Å². The van der Waals surface area contributed by atoms with Crippen molar-refractivity contribution < 1.29 is 4.39 Å². The summed E-state index contributed by atoms with van der Waals surface area (Å²) in [4.78, 5) is 28.6. The Labute approximate surface area is 158 Å². The Hall–Kier alpha value is -3.81. The van der Waals surface area contributed by atoms with Gasteiger partial charge in [-0.3, -0.25) is 8.97 Å². The molecular formula is C20H15FN6O. The van der Waals surface area contributed by atoms with Crippen LogP contribution in [-0.4, -0.2) is 28.9 Å². The normalized spacial score (nSPS) is 12.6. The Morgan fingerprint density at radius 3 is 2.71 bits per heavy atom. The van der Waals surface area contributed by atoms with Crippen molar-refractivity contribution in [2.24, 2.45) is 0 Å². The van der Waals surface area contributed by atoms with Crippen LogP contribution in [0.4, 0.5) is 4.39 Å². The SMILES string of the molecule is CC(c1ccccc1)n1c(=O)[nH]c2cnc(-c3cnc4ccc(F)cn34)nc21. The van der Waals surface area contributed by atoms with Gasteiger partial charge in [0.05, 0.1) is 18.4 Å². The second kappa shape index (κ2) is 6.12. The third-order valence-corrected chi connectivity index (χ3v) is 4.83. The van der Waals surface area contributed by atoms with Gasteiger partial charge in [0, 0.05) is 6.20 Å².